The van der Waals surface area contributed by atoms with Gasteiger partial charge in [0.2, 0.25) is 17.7 Å². The van der Waals surface area contributed by atoms with Gasteiger partial charge in [0.05, 0.1) is 12.5 Å². The minimum atomic E-state index is -0.457. The van der Waals surface area contributed by atoms with Gasteiger partial charge in [-0.05, 0) is 31.0 Å². The molecule has 3 amide bonds. The molecule has 0 radical (unpaired) electrons. The van der Waals surface area contributed by atoms with Crippen LogP contribution < -0.4 is 10.2 Å². The van der Waals surface area contributed by atoms with Crippen LogP contribution in [0.15, 0.2) is 24.3 Å². The lowest BCUT2D eigenvalue weighted by Crippen LogP contribution is -2.52. The van der Waals surface area contributed by atoms with Crippen molar-refractivity contribution >= 4 is 35.0 Å². The lowest BCUT2D eigenvalue weighted by atomic mass is 9.91. The Kier molecular flexibility index (Phi) is 7.46. The van der Waals surface area contributed by atoms with E-state index in [4.69, 9.17) is 11.6 Å². The number of halogens is 1. The molecule has 2 saturated heterocycles. The van der Waals surface area contributed by atoms with Crippen molar-refractivity contribution < 1.29 is 14.4 Å². The fourth-order valence-electron chi connectivity index (χ4n) is 4.16. The molecule has 2 aliphatic rings. The SMILES string of the molecule is CC(C)(C)C(=O)N1CCCC(C(=O)NCC(=O)N2CCN(c3cccc(Cl)c3)CC2)C1. The van der Waals surface area contributed by atoms with E-state index in [1.165, 1.54) is 0 Å². The largest absolute Gasteiger partial charge is 0.368 e. The molecule has 1 N–H and O–H groups in total. The molecule has 1 aromatic rings. The molecular formula is C23H33ClN4O3. The standard InChI is InChI=1S/C23H33ClN4O3/c1-23(2,3)22(31)28-9-5-6-17(16-28)21(30)25-15-20(29)27-12-10-26(11-13-27)19-8-4-7-18(24)14-19/h4,7-8,14,17H,5-6,9-13,15-16H2,1-3H3,(H,25,30). The van der Waals surface area contributed by atoms with Gasteiger partial charge in [-0.25, -0.2) is 0 Å². The van der Waals surface area contributed by atoms with E-state index in [1.807, 2.05) is 45.0 Å². The van der Waals surface area contributed by atoms with Gasteiger partial charge in [-0.3, -0.25) is 14.4 Å². The van der Waals surface area contributed by atoms with Crippen molar-refractivity contribution in [3.8, 4) is 0 Å². The van der Waals surface area contributed by atoms with Crippen molar-refractivity contribution in [2.45, 2.75) is 33.6 Å². The van der Waals surface area contributed by atoms with Crippen LogP contribution in [0.3, 0.4) is 0 Å². The normalized spacial score (nSPS) is 19.9. The highest BCUT2D eigenvalue weighted by Gasteiger charge is 2.33. The number of nitrogens with zero attached hydrogens (tertiary/aromatic N) is 3. The summed E-state index contributed by atoms with van der Waals surface area (Å²) in [4.78, 5) is 43.5. The number of hydrogen-bond acceptors (Lipinski definition) is 4. The Bertz CT molecular complexity index is 815. The number of amides is 3. The van der Waals surface area contributed by atoms with Gasteiger partial charge in [0.1, 0.15) is 0 Å². The first-order valence-corrected chi connectivity index (χ1v) is 11.4. The minimum Gasteiger partial charge on any atom is -0.368 e. The predicted octanol–water partition coefficient (Wildman–Crippen LogP) is 2.39. The first-order valence-electron chi connectivity index (χ1n) is 11.0. The summed E-state index contributed by atoms with van der Waals surface area (Å²) in [5.74, 6) is -0.402. The fourth-order valence-corrected chi connectivity index (χ4v) is 4.34. The van der Waals surface area contributed by atoms with Crippen LogP contribution in [0, 0.1) is 11.3 Å². The topological polar surface area (TPSA) is 73.0 Å². The summed E-state index contributed by atoms with van der Waals surface area (Å²) in [6, 6.07) is 7.71. The van der Waals surface area contributed by atoms with Gasteiger partial charge in [0.25, 0.3) is 0 Å². The van der Waals surface area contributed by atoms with Crippen LogP contribution in [0.4, 0.5) is 5.69 Å². The third-order valence-corrected chi connectivity index (χ3v) is 6.18. The van der Waals surface area contributed by atoms with Gasteiger partial charge < -0.3 is 20.0 Å². The average Bonchev–Trinajstić information content (AvgIpc) is 2.76. The Balaban J connectivity index is 1.44. The van der Waals surface area contributed by atoms with Crippen molar-refractivity contribution in [3.63, 3.8) is 0 Å². The molecule has 0 aliphatic carbocycles. The summed E-state index contributed by atoms with van der Waals surface area (Å²) in [6.07, 6.45) is 1.55. The molecule has 0 bridgehead atoms. The molecule has 31 heavy (non-hydrogen) atoms. The zero-order valence-corrected chi connectivity index (χ0v) is 19.5. The molecule has 8 heteroatoms. The number of nitrogens with one attached hydrogen (secondary N) is 1. The lowest BCUT2D eigenvalue weighted by Gasteiger charge is -2.37. The molecule has 2 heterocycles. The van der Waals surface area contributed by atoms with Gasteiger partial charge >= 0.3 is 0 Å². The van der Waals surface area contributed by atoms with Crippen LogP contribution in [0.2, 0.25) is 5.02 Å². The monoisotopic (exact) mass is 448 g/mol. The maximum Gasteiger partial charge on any atom is 0.242 e. The van der Waals surface area contributed by atoms with Gasteiger partial charge in [0.15, 0.2) is 0 Å². The Morgan fingerprint density at radius 2 is 1.77 bits per heavy atom. The molecular weight excluding hydrogens is 416 g/mol. The van der Waals surface area contributed by atoms with Crippen LogP contribution >= 0.6 is 11.6 Å². The van der Waals surface area contributed by atoms with E-state index in [-0.39, 0.29) is 30.2 Å². The second-order valence-corrected chi connectivity index (χ2v) is 9.84. The van der Waals surface area contributed by atoms with Crippen molar-refractivity contribution in [2.75, 3.05) is 50.7 Å². The van der Waals surface area contributed by atoms with Crippen molar-refractivity contribution in [2.24, 2.45) is 11.3 Å². The molecule has 1 unspecified atom stereocenters. The van der Waals surface area contributed by atoms with E-state index in [0.717, 1.165) is 31.6 Å². The number of rotatable bonds is 4. The first kappa shape index (κ1) is 23.4. The number of likely N-dealkylation sites (tertiary alicyclic amines) is 1. The molecule has 2 fully saturated rings. The summed E-state index contributed by atoms with van der Waals surface area (Å²) in [7, 11) is 0. The van der Waals surface area contributed by atoms with E-state index >= 15 is 0 Å². The number of benzene rings is 1. The van der Waals surface area contributed by atoms with Crippen molar-refractivity contribution in [1.82, 2.24) is 15.1 Å². The number of anilines is 1. The van der Waals surface area contributed by atoms with Gasteiger partial charge in [-0.2, -0.15) is 0 Å². The van der Waals surface area contributed by atoms with Gasteiger partial charge in [-0.15, -0.1) is 0 Å². The van der Waals surface area contributed by atoms with E-state index < -0.39 is 5.41 Å². The Morgan fingerprint density at radius 3 is 2.42 bits per heavy atom. The zero-order chi connectivity index (χ0) is 22.6. The van der Waals surface area contributed by atoms with Crippen LogP contribution in [0.25, 0.3) is 0 Å². The predicted molar refractivity (Wildman–Crippen MR) is 122 cm³/mol. The second-order valence-electron chi connectivity index (χ2n) is 9.41. The summed E-state index contributed by atoms with van der Waals surface area (Å²) in [5, 5.41) is 3.50. The lowest BCUT2D eigenvalue weighted by molar-refractivity contribution is -0.143. The smallest absolute Gasteiger partial charge is 0.242 e. The third kappa shape index (κ3) is 6.12. The quantitative estimate of drug-likeness (QED) is 0.767. The molecule has 2 aliphatic heterocycles. The third-order valence-electron chi connectivity index (χ3n) is 5.94. The number of piperidine rings is 1. The zero-order valence-electron chi connectivity index (χ0n) is 18.7. The highest BCUT2D eigenvalue weighted by molar-refractivity contribution is 6.30. The molecule has 7 nitrogen and oxygen atoms in total. The maximum absolute atomic E-state index is 12.6. The van der Waals surface area contributed by atoms with Crippen LogP contribution in [0.1, 0.15) is 33.6 Å². The summed E-state index contributed by atoms with van der Waals surface area (Å²) >= 11 is 6.07. The highest BCUT2D eigenvalue weighted by Crippen LogP contribution is 2.24. The van der Waals surface area contributed by atoms with E-state index in [2.05, 4.69) is 10.2 Å². The molecule has 3 rings (SSSR count). The van der Waals surface area contributed by atoms with Gasteiger partial charge in [-0.1, -0.05) is 38.4 Å². The number of carbonyl (C=O) groups is 3. The van der Waals surface area contributed by atoms with Crippen LogP contribution in [-0.2, 0) is 14.4 Å². The van der Waals surface area contributed by atoms with Crippen molar-refractivity contribution in [3.05, 3.63) is 29.3 Å². The Hall–Kier alpha value is -2.28. The van der Waals surface area contributed by atoms with Crippen LogP contribution in [-0.4, -0.2) is 73.3 Å². The molecule has 0 aromatic heterocycles. The average molecular weight is 449 g/mol. The van der Waals surface area contributed by atoms with E-state index in [1.54, 1.807) is 9.80 Å². The Labute approximate surface area is 189 Å². The summed E-state index contributed by atoms with van der Waals surface area (Å²) < 4.78 is 0. The molecule has 1 atom stereocenters. The molecule has 1 aromatic carbocycles. The highest BCUT2D eigenvalue weighted by atomic mass is 35.5. The van der Waals surface area contributed by atoms with Crippen LogP contribution in [0.5, 0.6) is 0 Å². The first-order chi connectivity index (χ1) is 14.6. The molecule has 170 valence electrons. The molecule has 0 saturated carbocycles. The summed E-state index contributed by atoms with van der Waals surface area (Å²) in [5.41, 5.74) is 0.598. The Morgan fingerprint density at radius 1 is 1.06 bits per heavy atom. The number of carbonyl (C=O) groups excluding carboxylic acids is 3. The maximum atomic E-state index is 12.6. The van der Waals surface area contributed by atoms with E-state index in [0.29, 0.717) is 31.2 Å². The molecule has 0 spiro atoms. The number of hydrogen-bond donors (Lipinski definition) is 1. The minimum absolute atomic E-state index is 0.000282. The van der Waals surface area contributed by atoms with Gasteiger partial charge in [0, 0.05) is 55.4 Å². The van der Waals surface area contributed by atoms with E-state index in [9.17, 15) is 14.4 Å². The summed E-state index contributed by atoms with van der Waals surface area (Å²) in [6.45, 7) is 9.47. The second kappa shape index (κ2) is 9.90. The number of piperazine rings is 1. The van der Waals surface area contributed by atoms with Crippen molar-refractivity contribution in [1.29, 1.82) is 0 Å². The fraction of sp³-hybridized carbons (Fsp3) is 0.609.